The highest BCUT2D eigenvalue weighted by Gasteiger charge is 2.03. The lowest BCUT2D eigenvalue weighted by atomic mass is 9.95. The second-order valence-electron chi connectivity index (χ2n) is 3.94. The minimum absolute atomic E-state index is 0.586. The summed E-state index contributed by atoms with van der Waals surface area (Å²) in [6.07, 6.45) is 1.11. The van der Waals surface area contributed by atoms with Gasteiger partial charge in [-0.1, -0.05) is 48.9 Å². The van der Waals surface area contributed by atoms with Crippen LogP contribution in [0.15, 0.2) is 36.4 Å². The molecule has 0 bridgehead atoms. The Hall–Kier alpha value is -1.04. The van der Waals surface area contributed by atoms with E-state index in [2.05, 4.69) is 51.6 Å². The lowest BCUT2D eigenvalue weighted by molar-refractivity contribution is 0.680. The molecule has 1 rings (SSSR count). The molecule has 0 heterocycles. The smallest absolute Gasteiger partial charge is 0.0197 e. The van der Waals surface area contributed by atoms with Gasteiger partial charge >= 0.3 is 0 Å². The Kier molecular flexibility index (Phi) is 3.30. The van der Waals surface area contributed by atoms with Crippen LogP contribution in [0.1, 0.15) is 25.0 Å². The molecule has 0 N–H and O–H groups in total. The molecule has 0 spiro atoms. The molecule has 1 atom stereocenters. The Bertz CT molecular complexity index is 279. The minimum Gasteiger partial charge on any atom is -0.0999 e. The SMILES string of the molecule is C=C(C)[C@@H](C)Cc1ccc(C)cc1. The Balaban J connectivity index is 2.64. The van der Waals surface area contributed by atoms with Crippen molar-refractivity contribution in [3.63, 3.8) is 0 Å². The molecule has 0 saturated carbocycles. The van der Waals surface area contributed by atoms with Gasteiger partial charge in [-0.2, -0.15) is 0 Å². The molecule has 0 heteroatoms. The van der Waals surface area contributed by atoms with Crippen molar-refractivity contribution >= 4 is 0 Å². The maximum atomic E-state index is 3.97. The van der Waals surface area contributed by atoms with Crippen LogP contribution >= 0.6 is 0 Å². The first-order valence-electron chi connectivity index (χ1n) is 4.80. The van der Waals surface area contributed by atoms with Crippen LogP contribution in [-0.4, -0.2) is 0 Å². The van der Waals surface area contributed by atoms with E-state index in [4.69, 9.17) is 0 Å². The predicted molar refractivity (Wildman–Crippen MR) is 58.9 cm³/mol. The van der Waals surface area contributed by atoms with E-state index in [0.717, 1.165) is 6.42 Å². The van der Waals surface area contributed by atoms with E-state index in [0.29, 0.717) is 5.92 Å². The molecule has 0 aliphatic rings. The fourth-order valence-electron chi connectivity index (χ4n) is 1.25. The third kappa shape index (κ3) is 3.06. The van der Waals surface area contributed by atoms with Crippen molar-refractivity contribution in [3.8, 4) is 0 Å². The van der Waals surface area contributed by atoms with Crippen LogP contribution in [0.25, 0.3) is 0 Å². The molecular weight excluding hydrogens is 156 g/mol. The summed E-state index contributed by atoms with van der Waals surface area (Å²) < 4.78 is 0. The monoisotopic (exact) mass is 174 g/mol. The van der Waals surface area contributed by atoms with E-state index in [1.165, 1.54) is 16.7 Å². The summed E-state index contributed by atoms with van der Waals surface area (Å²) in [5, 5.41) is 0. The second kappa shape index (κ2) is 4.27. The summed E-state index contributed by atoms with van der Waals surface area (Å²) in [6.45, 7) is 10.4. The van der Waals surface area contributed by atoms with Crippen molar-refractivity contribution in [2.45, 2.75) is 27.2 Å². The van der Waals surface area contributed by atoms with Gasteiger partial charge in [0.2, 0.25) is 0 Å². The molecule has 70 valence electrons. The van der Waals surface area contributed by atoms with Crippen LogP contribution in [0.5, 0.6) is 0 Å². The van der Waals surface area contributed by atoms with E-state index in [-0.39, 0.29) is 0 Å². The summed E-state index contributed by atoms with van der Waals surface area (Å²) in [5.74, 6) is 0.586. The lowest BCUT2D eigenvalue weighted by Gasteiger charge is -2.10. The zero-order chi connectivity index (χ0) is 9.84. The molecule has 0 fully saturated rings. The van der Waals surface area contributed by atoms with Gasteiger partial charge in [0.25, 0.3) is 0 Å². The first-order valence-corrected chi connectivity index (χ1v) is 4.80. The molecule has 0 aromatic heterocycles. The molecule has 1 aromatic carbocycles. The molecule has 0 aliphatic carbocycles. The summed E-state index contributed by atoms with van der Waals surface area (Å²) in [6, 6.07) is 8.74. The highest BCUT2D eigenvalue weighted by Crippen LogP contribution is 2.14. The Morgan fingerprint density at radius 3 is 2.31 bits per heavy atom. The van der Waals surface area contributed by atoms with E-state index >= 15 is 0 Å². The van der Waals surface area contributed by atoms with Gasteiger partial charge < -0.3 is 0 Å². The maximum Gasteiger partial charge on any atom is -0.0197 e. The van der Waals surface area contributed by atoms with Gasteiger partial charge in [0.15, 0.2) is 0 Å². The fraction of sp³-hybridized carbons (Fsp3) is 0.385. The molecule has 0 amide bonds. The van der Waals surface area contributed by atoms with E-state index in [9.17, 15) is 0 Å². The minimum atomic E-state index is 0.586. The summed E-state index contributed by atoms with van der Waals surface area (Å²) >= 11 is 0. The van der Waals surface area contributed by atoms with Gasteiger partial charge in [-0.25, -0.2) is 0 Å². The van der Waals surface area contributed by atoms with Gasteiger partial charge in [-0.15, -0.1) is 0 Å². The van der Waals surface area contributed by atoms with Crippen LogP contribution in [0.4, 0.5) is 0 Å². The average molecular weight is 174 g/mol. The van der Waals surface area contributed by atoms with E-state index < -0.39 is 0 Å². The first-order chi connectivity index (χ1) is 6.09. The van der Waals surface area contributed by atoms with E-state index in [1.54, 1.807) is 0 Å². The highest BCUT2D eigenvalue weighted by atomic mass is 14.1. The number of aryl methyl sites for hydroxylation is 1. The lowest BCUT2D eigenvalue weighted by Crippen LogP contribution is -1.99. The van der Waals surface area contributed by atoms with Crippen molar-refractivity contribution in [2.75, 3.05) is 0 Å². The summed E-state index contributed by atoms with van der Waals surface area (Å²) in [5.41, 5.74) is 3.99. The number of hydrogen-bond acceptors (Lipinski definition) is 0. The molecule has 13 heavy (non-hydrogen) atoms. The quantitative estimate of drug-likeness (QED) is 0.612. The normalized spacial score (nSPS) is 12.5. The second-order valence-corrected chi connectivity index (χ2v) is 3.94. The highest BCUT2D eigenvalue weighted by molar-refractivity contribution is 5.22. The van der Waals surface area contributed by atoms with Gasteiger partial charge in [-0.05, 0) is 31.7 Å². The Morgan fingerprint density at radius 1 is 1.31 bits per heavy atom. The number of hydrogen-bond donors (Lipinski definition) is 0. The molecule has 0 radical (unpaired) electrons. The third-order valence-corrected chi connectivity index (χ3v) is 2.50. The van der Waals surface area contributed by atoms with Gasteiger partial charge in [0, 0.05) is 0 Å². The van der Waals surface area contributed by atoms with Crippen molar-refractivity contribution in [2.24, 2.45) is 5.92 Å². The number of benzene rings is 1. The van der Waals surface area contributed by atoms with Crippen LogP contribution in [-0.2, 0) is 6.42 Å². The zero-order valence-corrected chi connectivity index (χ0v) is 8.80. The topological polar surface area (TPSA) is 0 Å². The largest absolute Gasteiger partial charge is 0.0999 e. The molecular formula is C13H18. The molecule has 0 unspecified atom stereocenters. The van der Waals surface area contributed by atoms with Crippen LogP contribution in [0.2, 0.25) is 0 Å². The van der Waals surface area contributed by atoms with Crippen LogP contribution < -0.4 is 0 Å². The molecule has 0 aliphatic heterocycles. The average Bonchev–Trinajstić information content (AvgIpc) is 2.08. The van der Waals surface area contributed by atoms with Gasteiger partial charge in [-0.3, -0.25) is 0 Å². The van der Waals surface area contributed by atoms with Crippen molar-refractivity contribution in [1.29, 1.82) is 0 Å². The predicted octanol–water partition coefficient (Wildman–Crippen LogP) is 3.75. The Morgan fingerprint density at radius 2 is 1.85 bits per heavy atom. The zero-order valence-electron chi connectivity index (χ0n) is 8.80. The number of rotatable bonds is 3. The Labute approximate surface area is 81.3 Å². The van der Waals surface area contributed by atoms with Crippen molar-refractivity contribution < 1.29 is 0 Å². The van der Waals surface area contributed by atoms with Crippen molar-refractivity contribution in [3.05, 3.63) is 47.5 Å². The van der Waals surface area contributed by atoms with Crippen LogP contribution in [0, 0.1) is 12.8 Å². The van der Waals surface area contributed by atoms with Crippen molar-refractivity contribution in [1.82, 2.24) is 0 Å². The molecule has 0 saturated heterocycles. The molecule has 1 aromatic rings. The molecule has 0 nitrogen and oxygen atoms in total. The maximum absolute atomic E-state index is 3.97. The third-order valence-electron chi connectivity index (χ3n) is 2.50. The van der Waals surface area contributed by atoms with Gasteiger partial charge in [0.1, 0.15) is 0 Å². The number of allylic oxidation sites excluding steroid dienone is 1. The van der Waals surface area contributed by atoms with Crippen LogP contribution in [0.3, 0.4) is 0 Å². The summed E-state index contributed by atoms with van der Waals surface area (Å²) in [7, 11) is 0. The standard InChI is InChI=1S/C13H18/c1-10(2)12(4)9-13-7-5-11(3)6-8-13/h5-8,12H,1,9H2,2-4H3/t12-/m0/s1. The van der Waals surface area contributed by atoms with E-state index in [1.807, 2.05) is 0 Å². The van der Waals surface area contributed by atoms with Gasteiger partial charge in [0.05, 0.1) is 0 Å². The summed E-state index contributed by atoms with van der Waals surface area (Å²) in [4.78, 5) is 0. The first kappa shape index (κ1) is 10.0. The fourth-order valence-corrected chi connectivity index (χ4v) is 1.25.